The van der Waals surface area contributed by atoms with Crippen molar-refractivity contribution in [1.29, 1.82) is 5.26 Å². The van der Waals surface area contributed by atoms with Gasteiger partial charge in [-0.1, -0.05) is 83.5 Å². The summed E-state index contributed by atoms with van der Waals surface area (Å²) in [5.74, 6) is 0. The first-order valence-electron chi connectivity index (χ1n) is 10.9. The highest BCUT2D eigenvalue weighted by Gasteiger charge is 2.24. The molecule has 0 amide bonds. The largest absolute Gasteiger partial charge is 0.226 e. The molecular weight excluding hydrogens is 472 g/mol. The van der Waals surface area contributed by atoms with Gasteiger partial charge in [0, 0.05) is 15.6 Å². The van der Waals surface area contributed by atoms with Crippen molar-refractivity contribution >= 4 is 27.0 Å². The normalized spacial score (nSPS) is 11.0. The molecule has 0 atom stereocenters. The van der Waals surface area contributed by atoms with Crippen molar-refractivity contribution in [2.24, 2.45) is 0 Å². The molecule has 0 radical (unpaired) electrons. The lowest BCUT2D eigenvalue weighted by atomic mass is 9.93. The molecule has 5 aromatic rings. The zero-order valence-electron chi connectivity index (χ0n) is 18.4. The number of benzene rings is 3. The zero-order valence-corrected chi connectivity index (χ0v) is 20.0. The third-order valence-electron chi connectivity index (χ3n) is 5.88. The number of aryl methyl sites for hydroxylation is 2. The van der Waals surface area contributed by atoms with Gasteiger partial charge in [0.1, 0.15) is 6.07 Å². The van der Waals surface area contributed by atoms with E-state index in [0.717, 1.165) is 50.0 Å². The number of pyridine rings is 1. The number of nitriles is 1. The SMILES string of the molecule is CCc1ccc(-c2nc3c(c(C)nn3-c3ccccc3)c(-c3ccccc3Br)c2C#N)cc1. The topological polar surface area (TPSA) is 54.5 Å². The van der Waals surface area contributed by atoms with Crippen LogP contribution in [0.4, 0.5) is 0 Å². The van der Waals surface area contributed by atoms with E-state index < -0.39 is 0 Å². The Morgan fingerprint density at radius 3 is 2.30 bits per heavy atom. The Morgan fingerprint density at radius 1 is 0.939 bits per heavy atom. The van der Waals surface area contributed by atoms with Crippen LogP contribution in [0.5, 0.6) is 0 Å². The average Bonchev–Trinajstić information content (AvgIpc) is 3.20. The van der Waals surface area contributed by atoms with Crippen LogP contribution in [0.2, 0.25) is 0 Å². The number of hydrogen-bond donors (Lipinski definition) is 0. The summed E-state index contributed by atoms with van der Waals surface area (Å²) >= 11 is 3.70. The summed E-state index contributed by atoms with van der Waals surface area (Å²) in [6.07, 6.45) is 0.958. The lowest BCUT2D eigenvalue weighted by Crippen LogP contribution is -2.01. The molecule has 0 aliphatic heterocycles. The van der Waals surface area contributed by atoms with E-state index in [2.05, 4.69) is 41.1 Å². The van der Waals surface area contributed by atoms with Crippen LogP contribution in [0.25, 0.3) is 39.1 Å². The smallest absolute Gasteiger partial charge is 0.164 e. The molecule has 5 rings (SSSR count). The van der Waals surface area contributed by atoms with Crippen LogP contribution < -0.4 is 0 Å². The lowest BCUT2D eigenvalue weighted by Gasteiger charge is -2.14. The van der Waals surface area contributed by atoms with Gasteiger partial charge in [0.2, 0.25) is 0 Å². The summed E-state index contributed by atoms with van der Waals surface area (Å²) in [5.41, 5.74) is 7.66. The van der Waals surface area contributed by atoms with Crippen LogP contribution in [-0.2, 0) is 6.42 Å². The van der Waals surface area contributed by atoms with Crippen molar-refractivity contribution < 1.29 is 0 Å². The molecule has 4 nitrogen and oxygen atoms in total. The summed E-state index contributed by atoms with van der Waals surface area (Å²) in [6, 6.07) is 28.7. The Labute approximate surface area is 201 Å². The van der Waals surface area contributed by atoms with Crippen LogP contribution in [0, 0.1) is 18.3 Å². The molecule has 0 N–H and O–H groups in total. The van der Waals surface area contributed by atoms with Crippen molar-refractivity contribution in [3.05, 3.63) is 100 Å². The van der Waals surface area contributed by atoms with Crippen LogP contribution >= 0.6 is 15.9 Å². The number of aromatic nitrogens is 3. The van der Waals surface area contributed by atoms with Crippen molar-refractivity contribution in [2.45, 2.75) is 20.3 Å². The Hall–Kier alpha value is -3.75. The molecule has 0 spiro atoms. The Kier molecular flexibility index (Phi) is 5.53. The van der Waals surface area contributed by atoms with Gasteiger partial charge in [-0.2, -0.15) is 10.4 Å². The molecule has 160 valence electrons. The van der Waals surface area contributed by atoms with Gasteiger partial charge in [0.05, 0.1) is 28.0 Å². The molecular formula is C28H21BrN4. The highest BCUT2D eigenvalue weighted by molar-refractivity contribution is 9.10. The summed E-state index contributed by atoms with van der Waals surface area (Å²) < 4.78 is 2.80. The van der Waals surface area contributed by atoms with Crippen molar-refractivity contribution in [3.8, 4) is 34.1 Å². The van der Waals surface area contributed by atoms with Gasteiger partial charge in [-0.05, 0) is 42.7 Å². The maximum atomic E-state index is 10.4. The third kappa shape index (κ3) is 3.63. The maximum Gasteiger partial charge on any atom is 0.164 e. The Balaban J connectivity index is 1.93. The molecule has 0 fully saturated rings. The number of hydrogen-bond acceptors (Lipinski definition) is 3. The first kappa shape index (κ1) is 21.1. The fraction of sp³-hybridized carbons (Fsp3) is 0.107. The van der Waals surface area contributed by atoms with Crippen molar-refractivity contribution in [1.82, 2.24) is 14.8 Å². The highest BCUT2D eigenvalue weighted by atomic mass is 79.9. The second-order valence-corrected chi connectivity index (χ2v) is 8.74. The van der Waals surface area contributed by atoms with Gasteiger partial charge in [-0.15, -0.1) is 0 Å². The Morgan fingerprint density at radius 2 is 1.64 bits per heavy atom. The minimum Gasteiger partial charge on any atom is -0.226 e. The summed E-state index contributed by atoms with van der Waals surface area (Å²) in [7, 11) is 0. The average molecular weight is 493 g/mol. The molecule has 0 saturated carbocycles. The molecule has 5 heteroatoms. The molecule has 2 heterocycles. The van der Waals surface area contributed by atoms with Gasteiger partial charge < -0.3 is 0 Å². The second-order valence-electron chi connectivity index (χ2n) is 7.88. The number of fused-ring (bicyclic) bond motifs is 1. The van der Waals surface area contributed by atoms with Crippen molar-refractivity contribution in [3.63, 3.8) is 0 Å². The standard InChI is InChI=1S/C28H21BrN4/c1-3-19-13-15-20(16-14-19)27-23(17-30)26(22-11-7-8-12-24(22)29)25-18(2)32-33(28(25)31-27)21-9-5-4-6-10-21/h4-16H,3H2,1-2H3. The highest BCUT2D eigenvalue weighted by Crippen LogP contribution is 2.41. The van der Waals surface area contributed by atoms with Gasteiger partial charge >= 0.3 is 0 Å². The molecule has 0 unspecified atom stereocenters. The minimum absolute atomic E-state index is 0.550. The summed E-state index contributed by atoms with van der Waals surface area (Å²) in [6.45, 7) is 4.10. The van der Waals surface area contributed by atoms with E-state index in [4.69, 9.17) is 10.1 Å². The van der Waals surface area contributed by atoms with Crippen LogP contribution in [0.15, 0.2) is 83.3 Å². The van der Waals surface area contributed by atoms with Crippen LogP contribution in [0.3, 0.4) is 0 Å². The number of halogens is 1. The molecule has 0 aliphatic carbocycles. The van der Waals surface area contributed by atoms with Gasteiger partial charge in [-0.3, -0.25) is 0 Å². The number of nitrogens with zero attached hydrogens (tertiary/aromatic N) is 4. The van der Waals surface area contributed by atoms with Gasteiger partial charge in [0.25, 0.3) is 0 Å². The fourth-order valence-electron chi connectivity index (χ4n) is 4.21. The maximum absolute atomic E-state index is 10.4. The van der Waals surface area contributed by atoms with E-state index in [1.807, 2.05) is 78.3 Å². The first-order chi connectivity index (χ1) is 16.1. The molecule has 0 aliphatic rings. The van der Waals surface area contributed by atoms with E-state index in [0.29, 0.717) is 11.3 Å². The predicted molar refractivity (Wildman–Crippen MR) is 136 cm³/mol. The first-order valence-corrected chi connectivity index (χ1v) is 11.6. The van der Waals surface area contributed by atoms with Gasteiger partial charge in [-0.25, -0.2) is 9.67 Å². The fourth-order valence-corrected chi connectivity index (χ4v) is 4.70. The van der Waals surface area contributed by atoms with Crippen LogP contribution in [-0.4, -0.2) is 14.8 Å². The monoisotopic (exact) mass is 492 g/mol. The third-order valence-corrected chi connectivity index (χ3v) is 6.57. The zero-order chi connectivity index (χ0) is 22.9. The number of rotatable bonds is 4. The molecule has 2 aromatic heterocycles. The van der Waals surface area contributed by atoms with Crippen LogP contribution in [0.1, 0.15) is 23.7 Å². The number of para-hydroxylation sites is 1. The molecule has 3 aromatic carbocycles. The lowest BCUT2D eigenvalue weighted by molar-refractivity contribution is 0.878. The molecule has 33 heavy (non-hydrogen) atoms. The summed E-state index contributed by atoms with van der Waals surface area (Å²) in [4.78, 5) is 5.05. The molecule has 0 saturated heterocycles. The second kappa shape index (κ2) is 8.65. The van der Waals surface area contributed by atoms with E-state index >= 15 is 0 Å². The quantitative estimate of drug-likeness (QED) is 0.265. The van der Waals surface area contributed by atoms with E-state index in [-0.39, 0.29) is 0 Å². The summed E-state index contributed by atoms with van der Waals surface area (Å²) in [5, 5.41) is 16.1. The predicted octanol–water partition coefficient (Wildman–Crippen LogP) is 7.26. The van der Waals surface area contributed by atoms with E-state index in [1.165, 1.54) is 5.56 Å². The van der Waals surface area contributed by atoms with Crippen molar-refractivity contribution in [2.75, 3.05) is 0 Å². The van der Waals surface area contributed by atoms with E-state index in [9.17, 15) is 5.26 Å². The van der Waals surface area contributed by atoms with E-state index in [1.54, 1.807) is 0 Å². The molecule has 0 bridgehead atoms. The van der Waals surface area contributed by atoms with Gasteiger partial charge in [0.15, 0.2) is 5.65 Å². The minimum atomic E-state index is 0.550. The Bertz CT molecular complexity index is 1510.